The minimum absolute atomic E-state index is 0.0472. The lowest BCUT2D eigenvalue weighted by Gasteiger charge is -2.31. The van der Waals surface area contributed by atoms with Crippen molar-refractivity contribution in [3.05, 3.63) is 64.2 Å². The highest BCUT2D eigenvalue weighted by Crippen LogP contribution is 2.63. The largest absolute Gasteiger partial charge is 0.469 e. The van der Waals surface area contributed by atoms with Gasteiger partial charge >= 0.3 is 11.9 Å². The number of fused-ring (bicyclic) bond motifs is 4. The Balaban J connectivity index is 1.45. The van der Waals surface area contributed by atoms with Crippen LogP contribution in [0.2, 0.25) is 0 Å². The predicted octanol–water partition coefficient (Wildman–Crippen LogP) is 6.53. The van der Waals surface area contributed by atoms with Crippen molar-refractivity contribution in [1.82, 2.24) is 0 Å². The molecule has 3 aliphatic rings. The number of carbonyl (C=O) groups is 2. The first-order valence-corrected chi connectivity index (χ1v) is 13.0. The lowest BCUT2D eigenvalue weighted by molar-refractivity contribution is -0.149. The van der Waals surface area contributed by atoms with E-state index in [1.165, 1.54) is 34.9 Å². The maximum absolute atomic E-state index is 13.1. The fourth-order valence-corrected chi connectivity index (χ4v) is 7.44. The normalized spacial score (nSPS) is 27.8. The van der Waals surface area contributed by atoms with Crippen LogP contribution in [-0.4, -0.2) is 19.0 Å². The summed E-state index contributed by atoms with van der Waals surface area (Å²) >= 11 is 0. The van der Waals surface area contributed by atoms with Gasteiger partial charge in [0, 0.05) is 5.41 Å². The summed E-state index contributed by atoms with van der Waals surface area (Å²) in [6.07, 6.45) is 4.81. The van der Waals surface area contributed by atoms with Gasteiger partial charge in [-0.15, -0.1) is 0 Å². The van der Waals surface area contributed by atoms with Crippen LogP contribution in [0.15, 0.2) is 36.4 Å². The lowest BCUT2D eigenvalue weighted by Crippen LogP contribution is -2.29. The molecule has 2 aromatic rings. The average Bonchev–Trinajstić information content (AvgIpc) is 3.17. The number of methoxy groups -OCH3 is 1. The molecule has 1 unspecified atom stereocenters. The third kappa shape index (κ3) is 3.90. The molecule has 0 bridgehead atoms. The van der Waals surface area contributed by atoms with Crippen molar-refractivity contribution in [2.24, 2.45) is 11.8 Å². The Bertz CT molecular complexity index is 1180. The number of benzene rings is 2. The Morgan fingerprint density at radius 1 is 0.743 bits per heavy atom. The molecule has 1 saturated carbocycles. The topological polar surface area (TPSA) is 52.6 Å². The van der Waals surface area contributed by atoms with Crippen molar-refractivity contribution in [2.45, 2.75) is 89.4 Å². The van der Waals surface area contributed by atoms with Gasteiger partial charge in [0.2, 0.25) is 0 Å². The van der Waals surface area contributed by atoms with Gasteiger partial charge in [0.1, 0.15) is 5.75 Å². The Kier molecular flexibility index (Phi) is 5.65. The van der Waals surface area contributed by atoms with Gasteiger partial charge < -0.3 is 9.47 Å². The first kappa shape index (κ1) is 24.1. The number of ether oxygens (including phenoxy) is 2. The second-order valence-electron chi connectivity index (χ2n) is 12.5. The molecule has 3 aliphatic carbocycles. The van der Waals surface area contributed by atoms with Gasteiger partial charge in [-0.25, -0.2) is 0 Å². The third-order valence-electron chi connectivity index (χ3n) is 8.96. The van der Waals surface area contributed by atoms with Gasteiger partial charge in [-0.2, -0.15) is 0 Å². The van der Waals surface area contributed by atoms with E-state index in [1.807, 2.05) is 6.07 Å². The molecule has 0 N–H and O–H groups in total. The van der Waals surface area contributed by atoms with Gasteiger partial charge in [0.05, 0.1) is 18.9 Å². The van der Waals surface area contributed by atoms with Crippen molar-refractivity contribution < 1.29 is 19.1 Å². The van der Waals surface area contributed by atoms with Crippen molar-refractivity contribution in [3.8, 4) is 5.75 Å². The smallest absolute Gasteiger partial charge is 0.314 e. The summed E-state index contributed by atoms with van der Waals surface area (Å²) in [4.78, 5) is 24.9. The zero-order valence-corrected chi connectivity index (χ0v) is 22.0. The highest BCUT2D eigenvalue weighted by molar-refractivity contribution is 5.77. The Hall–Kier alpha value is -2.62. The average molecular weight is 475 g/mol. The number of rotatable bonds is 3. The van der Waals surface area contributed by atoms with E-state index in [4.69, 9.17) is 9.47 Å². The number of hydrogen-bond acceptors (Lipinski definition) is 4. The molecule has 0 saturated heterocycles. The van der Waals surface area contributed by atoms with Crippen molar-refractivity contribution in [3.63, 3.8) is 0 Å². The number of aryl methyl sites for hydroxylation is 1. The highest BCUT2D eigenvalue weighted by Gasteiger charge is 2.56. The van der Waals surface area contributed by atoms with Gasteiger partial charge in [0.15, 0.2) is 0 Å². The molecule has 0 heterocycles. The van der Waals surface area contributed by atoms with E-state index in [0.717, 1.165) is 12.8 Å². The van der Waals surface area contributed by atoms with E-state index in [2.05, 4.69) is 65.0 Å². The molecule has 2 aromatic carbocycles. The van der Waals surface area contributed by atoms with Crippen LogP contribution in [0.5, 0.6) is 5.75 Å². The molecular formula is C31H38O4. The van der Waals surface area contributed by atoms with Crippen LogP contribution in [0.4, 0.5) is 0 Å². The fourth-order valence-electron chi connectivity index (χ4n) is 7.44. The number of hydrogen-bond donors (Lipinski definition) is 0. The fraction of sp³-hybridized carbons (Fsp3) is 0.548. The van der Waals surface area contributed by atoms with Crippen molar-refractivity contribution in [2.75, 3.05) is 7.11 Å². The molecule has 5 rings (SSSR count). The monoisotopic (exact) mass is 474 g/mol. The molecule has 0 aromatic heterocycles. The third-order valence-corrected chi connectivity index (χ3v) is 8.96. The quantitative estimate of drug-likeness (QED) is 0.375. The van der Waals surface area contributed by atoms with Crippen LogP contribution in [0.3, 0.4) is 0 Å². The van der Waals surface area contributed by atoms with Crippen LogP contribution < -0.4 is 4.74 Å². The molecule has 1 fully saturated rings. The Labute approximate surface area is 209 Å². The van der Waals surface area contributed by atoms with E-state index in [9.17, 15) is 9.59 Å². The van der Waals surface area contributed by atoms with Gasteiger partial charge in [0.25, 0.3) is 0 Å². The molecule has 0 aliphatic heterocycles. The lowest BCUT2D eigenvalue weighted by atomic mass is 9.72. The summed E-state index contributed by atoms with van der Waals surface area (Å²) in [6.45, 7) is 11.6. The molecule has 0 amide bonds. The van der Waals surface area contributed by atoms with Gasteiger partial charge in [-0.05, 0) is 90.7 Å². The van der Waals surface area contributed by atoms with Crippen LogP contribution in [-0.2, 0) is 30.6 Å². The molecular weight excluding hydrogens is 436 g/mol. The van der Waals surface area contributed by atoms with Gasteiger partial charge in [-0.1, -0.05) is 57.5 Å². The standard InChI is InChI=1S/C31H38O4/c1-19-7-13-23-25(15-19)31(17-29(23,2)3)18-30(4,5)24-14-12-22(16-26(24)31)35-28(33)21-10-8-20(9-11-21)27(32)34-6/h7,12-16,20-21H,8-11,17-18H2,1-6H3. The summed E-state index contributed by atoms with van der Waals surface area (Å²) in [5, 5.41) is 0. The highest BCUT2D eigenvalue weighted by atomic mass is 16.5. The van der Waals surface area contributed by atoms with Crippen LogP contribution in [0.1, 0.15) is 94.0 Å². The summed E-state index contributed by atoms with van der Waals surface area (Å²) in [5.41, 5.74) is 6.93. The molecule has 4 heteroatoms. The zero-order valence-electron chi connectivity index (χ0n) is 22.0. The van der Waals surface area contributed by atoms with E-state index >= 15 is 0 Å². The molecule has 1 spiro atoms. The van der Waals surface area contributed by atoms with E-state index < -0.39 is 0 Å². The molecule has 186 valence electrons. The second-order valence-corrected chi connectivity index (χ2v) is 12.5. The zero-order chi connectivity index (χ0) is 25.2. The molecule has 35 heavy (non-hydrogen) atoms. The van der Waals surface area contributed by atoms with Crippen LogP contribution in [0, 0.1) is 18.8 Å². The summed E-state index contributed by atoms with van der Waals surface area (Å²) < 4.78 is 10.9. The maximum atomic E-state index is 13.1. The molecule has 4 nitrogen and oxygen atoms in total. The van der Waals surface area contributed by atoms with Crippen molar-refractivity contribution in [1.29, 1.82) is 0 Å². The maximum Gasteiger partial charge on any atom is 0.314 e. The van der Waals surface area contributed by atoms with E-state index in [1.54, 1.807) is 0 Å². The van der Waals surface area contributed by atoms with E-state index in [0.29, 0.717) is 31.4 Å². The molecule has 0 radical (unpaired) electrons. The second kappa shape index (κ2) is 8.21. The predicted molar refractivity (Wildman–Crippen MR) is 137 cm³/mol. The van der Waals surface area contributed by atoms with Crippen molar-refractivity contribution >= 4 is 11.9 Å². The minimum Gasteiger partial charge on any atom is -0.469 e. The number of carbonyl (C=O) groups excluding carboxylic acids is 2. The first-order valence-electron chi connectivity index (χ1n) is 13.0. The minimum atomic E-state index is -0.178. The Morgan fingerprint density at radius 2 is 1.26 bits per heavy atom. The summed E-state index contributed by atoms with van der Waals surface area (Å²) in [6, 6.07) is 13.2. The van der Waals surface area contributed by atoms with Crippen LogP contribution >= 0.6 is 0 Å². The summed E-state index contributed by atoms with van der Waals surface area (Å²) in [5.74, 6) is 0.0319. The van der Waals surface area contributed by atoms with Gasteiger partial charge in [-0.3, -0.25) is 9.59 Å². The van der Waals surface area contributed by atoms with Crippen LogP contribution in [0.25, 0.3) is 0 Å². The Morgan fingerprint density at radius 3 is 1.83 bits per heavy atom. The number of esters is 2. The summed E-state index contributed by atoms with van der Waals surface area (Å²) in [7, 11) is 1.43. The van der Waals surface area contributed by atoms with E-state index in [-0.39, 0.29) is 40.0 Å². The molecule has 1 atom stereocenters. The first-order chi connectivity index (χ1) is 16.5. The SMILES string of the molecule is COC(=O)C1CCC(C(=O)Oc2ccc3c(c2)C2(CC(C)(C)c4ccc(C)cc42)CC3(C)C)CC1.